The Bertz CT molecular complexity index is 441. The molecule has 1 aliphatic carbocycles. The lowest BCUT2D eigenvalue weighted by atomic mass is 9.81. The quantitative estimate of drug-likeness (QED) is 0.544. The molecule has 0 spiro atoms. The van der Waals surface area contributed by atoms with E-state index < -0.39 is 0 Å². The predicted molar refractivity (Wildman–Crippen MR) is 86.2 cm³/mol. The lowest BCUT2D eigenvalue weighted by Crippen LogP contribution is -2.20. The predicted octanol–water partition coefficient (Wildman–Crippen LogP) is 1.85. The van der Waals surface area contributed by atoms with Crippen LogP contribution in [-0.2, 0) is 0 Å². The molecule has 1 heterocycles. The molecule has 0 unspecified atom stereocenters. The Hall–Kier alpha value is -1.63. The number of rotatable bonds is 6. The fourth-order valence-electron chi connectivity index (χ4n) is 2.71. The number of nitrogen functional groups attached to an aromatic ring is 1. The first-order chi connectivity index (χ1) is 10.1. The van der Waals surface area contributed by atoms with Crippen molar-refractivity contribution in [3.05, 3.63) is 0 Å². The Labute approximate surface area is 126 Å². The van der Waals surface area contributed by atoms with E-state index in [4.69, 9.17) is 5.84 Å². The maximum Gasteiger partial charge on any atom is 0.243 e. The smallest absolute Gasteiger partial charge is 0.243 e. The Morgan fingerprint density at radius 1 is 1.10 bits per heavy atom. The molecule has 21 heavy (non-hydrogen) atoms. The number of aromatic nitrogens is 3. The summed E-state index contributed by atoms with van der Waals surface area (Å²) >= 11 is 0. The van der Waals surface area contributed by atoms with Gasteiger partial charge in [0.15, 0.2) is 0 Å². The van der Waals surface area contributed by atoms with Crippen LogP contribution in [0, 0.1) is 11.8 Å². The second kappa shape index (κ2) is 7.40. The van der Waals surface area contributed by atoms with E-state index in [1.807, 2.05) is 19.0 Å². The Kier molecular flexibility index (Phi) is 5.55. The van der Waals surface area contributed by atoms with Gasteiger partial charge in [-0.2, -0.15) is 15.0 Å². The summed E-state index contributed by atoms with van der Waals surface area (Å²) in [4.78, 5) is 14.6. The highest BCUT2D eigenvalue weighted by molar-refractivity contribution is 5.42. The number of nitrogens with zero attached hydrogens (tertiary/aromatic N) is 4. The Morgan fingerprint density at radius 2 is 1.76 bits per heavy atom. The first kappa shape index (κ1) is 15.8. The van der Waals surface area contributed by atoms with E-state index in [0.717, 1.165) is 18.4 Å². The average Bonchev–Trinajstić information content (AvgIpc) is 2.49. The summed E-state index contributed by atoms with van der Waals surface area (Å²) in [5.41, 5.74) is 2.48. The number of hydrazine groups is 1. The number of nitrogens with one attached hydrogen (secondary N) is 2. The molecule has 1 saturated carbocycles. The summed E-state index contributed by atoms with van der Waals surface area (Å²) < 4.78 is 0. The highest BCUT2D eigenvalue weighted by atomic mass is 15.4. The SMILES string of the molecule is CC1CCC(CCNc2nc(NN)nc(N(C)C)n2)CC1. The zero-order chi connectivity index (χ0) is 15.2. The van der Waals surface area contributed by atoms with Crippen molar-refractivity contribution in [3.63, 3.8) is 0 Å². The molecule has 0 aliphatic heterocycles. The summed E-state index contributed by atoms with van der Waals surface area (Å²) in [6, 6.07) is 0. The molecule has 1 aliphatic rings. The molecule has 0 bridgehead atoms. The molecular weight excluding hydrogens is 266 g/mol. The van der Waals surface area contributed by atoms with Crippen LogP contribution in [0.4, 0.5) is 17.8 Å². The molecule has 2 rings (SSSR count). The molecule has 0 saturated heterocycles. The number of anilines is 3. The van der Waals surface area contributed by atoms with E-state index in [1.54, 1.807) is 0 Å². The van der Waals surface area contributed by atoms with Crippen molar-refractivity contribution in [1.82, 2.24) is 15.0 Å². The van der Waals surface area contributed by atoms with Gasteiger partial charge in [0, 0.05) is 20.6 Å². The van der Waals surface area contributed by atoms with Gasteiger partial charge in [0.05, 0.1) is 0 Å². The standard InChI is InChI=1S/C14H27N7/c1-10-4-6-11(7-5-10)8-9-16-12-17-13(20-15)19-14(18-12)21(2)3/h10-11H,4-9,15H2,1-3H3,(H2,16,17,18,19,20). The minimum Gasteiger partial charge on any atom is -0.354 e. The van der Waals surface area contributed by atoms with Crippen LogP contribution >= 0.6 is 0 Å². The summed E-state index contributed by atoms with van der Waals surface area (Å²) in [6.07, 6.45) is 6.59. The van der Waals surface area contributed by atoms with Gasteiger partial charge in [-0.1, -0.05) is 32.6 Å². The van der Waals surface area contributed by atoms with Crippen LogP contribution in [0.2, 0.25) is 0 Å². The van der Waals surface area contributed by atoms with Crippen molar-refractivity contribution in [2.24, 2.45) is 17.7 Å². The highest BCUT2D eigenvalue weighted by Crippen LogP contribution is 2.30. The zero-order valence-corrected chi connectivity index (χ0v) is 13.3. The van der Waals surface area contributed by atoms with Gasteiger partial charge in [0.25, 0.3) is 0 Å². The van der Waals surface area contributed by atoms with Gasteiger partial charge >= 0.3 is 0 Å². The van der Waals surface area contributed by atoms with Crippen LogP contribution in [0.15, 0.2) is 0 Å². The van der Waals surface area contributed by atoms with E-state index in [9.17, 15) is 0 Å². The van der Waals surface area contributed by atoms with Crippen molar-refractivity contribution >= 4 is 17.8 Å². The van der Waals surface area contributed by atoms with Crippen molar-refractivity contribution in [1.29, 1.82) is 0 Å². The molecule has 7 nitrogen and oxygen atoms in total. The normalized spacial score (nSPS) is 21.9. The topological polar surface area (TPSA) is 92.0 Å². The van der Waals surface area contributed by atoms with Gasteiger partial charge in [-0.25, -0.2) is 5.84 Å². The third-order valence-corrected chi connectivity index (χ3v) is 4.12. The first-order valence-corrected chi connectivity index (χ1v) is 7.72. The van der Waals surface area contributed by atoms with Gasteiger partial charge in [-0.05, 0) is 18.3 Å². The third-order valence-electron chi connectivity index (χ3n) is 4.12. The van der Waals surface area contributed by atoms with Crippen LogP contribution in [0.3, 0.4) is 0 Å². The number of hydrogen-bond acceptors (Lipinski definition) is 7. The summed E-state index contributed by atoms with van der Waals surface area (Å²) in [5, 5.41) is 3.29. The molecular formula is C14H27N7. The zero-order valence-electron chi connectivity index (χ0n) is 13.3. The maximum atomic E-state index is 5.40. The van der Waals surface area contributed by atoms with Crippen molar-refractivity contribution in [2.45, 2.75) is 39.0 Å². The van der Waals surface area contributed by atoms with Crippen LogP contribution in [0.5, 0.6) is 0 Å². The lowest BCUT2D eigenvalue weighted by molar-refractivity contribution is 0.282. The van der Waals surface area contributed by atoms with Gasteiger partial charge < -0.3 is 10.2 Å². The molecule has 0 atom stereocenters. The van der Waals surface area contributed by atoms with Crippen molar-refractivity contribution in [2.75, 3.05) is 36.3 Å². The second-order valence-corrected chi connectivity index (χ2v) is 6.16. The number of hydrogen-bond donors (Lipinski definition) is 3. The molecule has 1 aromatic rings. The van der Waals surface area contributed by atoms with Crippen LogP contribution in [-0.4, -0.2) is 35.6 Å². The minimum absolute atomic E-state index is 0.377. The Morgan fingerprint density at radius 3 is 2.38 bits per heavy atom. The van der Waals surface area contributed by atoms with Crippen LogP contribution < -0.4 is 21.5 Å². The van der Waals surface area contributed by atoms with E-state index in [-0.39, 0.29) is 0 Å². The fraction of sp³-hybridized carbons (Fsp3) is 0.786. The fourth-order valence-corrected chi connectivity index (χ4v) is 2.71. The third kappa shape index (κ3) is 4.70. The van der Waals surface area contributed by atoms with E-state index in [1.165, 1.54) is 32.1 Å². The molecule has 4 N–H and O–H groups in total. The summed E-state index contributed by atoms with van der Waals surface area (Å²) in [5.74, 6) is 8.67. The molecule has 1 fully saturated rings. The Balaban J connectivity index is 1.86. The second-order valence-electron chi connectivity index (χ2n) is 6.16. The summed E-state index contributed by atoms with van der Waals surface area (Å²) in [7, 11) is 3.78. The van der Waals surface area contributed by atoms with E-state index in [2.05, 4.69) is 32.6 Å². The monoisotopic (exact) mass is 293 g/mol. The average molecular weight is 293 g/mol. The van der Waals surface area contributed by atoms with Gasteiger partial charge in [0.1, 0.15) is 0 Å². The molecule has 7 heteroatoms. The van der Waals surface area contributed by atoms with Crippen LogP contribution in [0.1, 0.15) is 39.0 Å². The first-order valence-electron chi connectivity index (χ1n) is 7.72. The minimum atomic E-state index is 0.377. The van der Waals surface area contributed by atoms with E-state index in [0.29, 0.717) is 17.8 Å². The molecule has 0 radical (unpaired) electrons. The number of nitrogens with two attached hydrogens (primary N) is 1. The van der Waals surface area contributed by atoms with Crippen molar-refractivity contribution in [3.8, 4) is 0 Å². The maximum absolute atomic E-state index is 5.40. The van der Waals surface area contributed by atoms with Gasteiger partial charge in [-0.3, -0.25) is 5.43 Å². The molecule has 1 aromatic heterocycles. The lowest BCUT2D eigenvalue weighted by Gasteiger charge is -2.26. The highest BCUT2D eigenvalue weighted by Gasteiger charge is 2.17. The largest absolute Gasteiger partial charge is 0.354 e. The van der Waals surface area contributed by atoms with Crippen molar-refractivity contribution < 1.29 is 0 Å². The molecule has 0 amide bonds. The van der Waals surface area contributed by atoms with Gasteiger partial charge in [-0.15, -0.1) is 0 Å². The van der Waals surface area contributed by atoms with E-state index >= 15 is 0 Å². The van der Waals surface area contributed by atoms with Crippen LogP contribution in [0.25, 0.3) is 0 Å². The molecule has 118 valence electrons. The summed E-state index contributed by atoms with van der Waals surface area (Å²) in [6.45, 7) is 3.24. The van der Waals surface area contributed by atoms with Gasteiger partial charge in [0.2, 0.25) is 17.8 Å². The molecule has 0 aromatic carbocycles.